The molecule has 0 amide bonds. The van der Waals surface area contributed by atoms with E-state index in [1.54, 1.807) is 12.1 Å². The molecule has 1 aromatic rings. The fourth-order valence-corrected chi connectivity index (χ4v) is 2.56. The summed E-state index contributed by atoms with van der Waals surface area (Å²) in [6.07, 6.45) is 2.97. The summed E-state index contributed by atoms with van der Waals surface area (Å²) in [4.78, 5) is 11.8. The number of esters is 1. The number of carbonyl (C=O) groups is 1. The molecule has 16 heavy (non-hydrogen) atoms. The second-order valence-electron chi connectivity index (χ2n) is 4.19. The predicted molar refractivity (Wildman–Crippen MR) is 64.3 cm³/mol. The van der Waals surface area contributed by atoms with Crippen LogP contribution in [0.1, 0.15) is 29.6 Å². The first-order chi connectivity index (χ1) is 7.70. The molecule has 1 aliphatic heterocycles. The molecule has 0 N–H and O–H groups in total. The van der Waals surface area contributed by atoms with Crippen molar-refractivity contribution in [2.45, 2.75) is 24.7 Å². The second-order valence-corrected chi connectivity index (χ2v) is 5.72. The van der Waals surface area contributed by atoms with Gasteiger partial charge in [-0.15, -0.1) is 0 Å². The Morgan fingerprint density at radius 2 is 2.06 bits per heavy atom. The Morgan fingerprint density at radius 1 is 1.31 bits per heavy atom. The molecule has 0 aliphatic carbocycles. The number of hydrogen-bond acceptors (Lipinski definition) is 3. The minimum Gasteiger partial charge on any atom is -0.435 e. The van der Waals surface area contributed by atoms with Crippen LogP contribution < -0.4 is 0 Å². The summed E-state index contributed by atoms with van der Waals surface area (Å²) in [7, 11) is 0.714. The molecule has 86 valence electrons. The molecule has 1 fully saturated rings. The Hall–Kier alpha value is -1.13. The van der Waals surface area contributed by atoms with Crippen LogP contribution in [0.4, 0.5) is 0 Å². The summed E-state index contributed by atoms with van der Waals surface area (Å²) in [6.45, 7) is 0.700. The van der Waals surface area contributed by atoms with Gasteiger partial charge >= 0.3 is 5.97 Å². The zero-order valence-corrected chi connectivity index (χ0v) is 11.4. The Morgan fingerprint density at radius 3 is 2.69 bits per heavy atom. The van der Waals surface area contributed by atoms with Crippen molar-refractivity contribution in [2.24, 2.45) is 0 Å². The summed E-state index contributed by atoms with van der Waals surface area (Å²) in [6, 6.07) is 9.06. The highest BCUT2D eigenvalue weighted by atomic mass is 28.1. The maximum atomic E-state index is 11.8. The van der Waals surface area contributed by atoms with Gasteiger partial charge in [-0.1, -0.05) is 18.2 Å². The minimum atomic E-state index is -0.606. The molecule has 0 bridgehead atoms. The van der Waals surface area contributed by atoms with E-state index in [1.165, 1.54) is 0 Å². The number of ether oxygens (including phenoxy) is 2. The highest BCUT2D eigenvalue weighted by Crippen LogP contribution is 2.24. The Balaban J connectivity index is 2.01. The van der Waals surface area contributed by atoms with Gasteiger partial charge in [-0.05, 0) is 25.0 Å². The number of hydrogen-bond donors (Lipinski definition) is 0. The fourth-order valence-electron chi connectivity index (χ4n) is 1.82. The fraction of sp³-hybridized carbons (Fsp3) is 0.417. The lowest BCUT2D eigenvalue weighted by atomic mass is 10.2. The number of carbonyl (C=O) groups excluding carboxylic acids is 1. The molecule has 0 spiro atoms. The molecule has 4 heteroatoms. The van der Waals surface area contributed by atoms with Gasteiger partial charge in [0.2, 0.25) is 0 Å². The second kappa shape index (κ2) is 4.80. The lowest BCUT2D eigenvalue weighted by Gasteiger charge is -2.33. The molecule has 1 atom stereocenters. The quantitative estimate of drug-likeness (QED) is 0.569. The average molecular weight is 236 g/mol. The maximum Gasteiger partial charge on any atom is 0.340 e. The van der Waals surface area contributed by atoms with Crippen molar-refractivity contribution >= 4 is 16.2 Å². The van der Waals surface area contributed by atoms with E-state index in [0.717, 1.165) is 19.3 Å². The van der Waals surface area contributed by atoms with Gasteiger partial charge in [0.25, 0.3) is 0 Å². The normalized spacial score (nSPS) is 25.2. The largest absolute Gasteiger partial charge is 0.435 e. The third-order valence-corrected chi connectivity index (χ3v) is 3.74. The van der Waals surface area contributed by atoms with E-state index in [2.05, 4.69) is 0 Å². The SMILES string of the molecule is O=C(OC1([SiH3])CCCCO1)c1ccccc1. The summed E-state index contributed by atoms with van der Waals surface area (Å²) in [5.74, 6) is -0.280. The van der Waals surface area contributed by atoms with Gasteiger partial charge in [0.1, 0.15) is 0 Å². The smallest absolute Gasteiger partial charge is 0.340 e. The molecule has 1 aliphatic rings. The van der Waals surface area contributed by atoms with E-state index in [9.17, 15) is 4.79 Å². The van der Waals surface area contributed by atoms with Crippen molar-refractivity contribution in [3.8, 4) is 0 Å². The van der Waals surface area contributed by atoms with Crippen molar-refractivity contribution in [1.29, 1.82) is 0 Å². The van der Waals surface area contributed by atoms with E-state index in [-0.39, 0.29) is 5.97 Å². The standard InChI is InChI=1S/C12H16O3Si/c13-11(10-6-2-1-3-7-10)15-12(16)8-4-5-9-14-12/h1-3,6-7H,4-5,8-9H2,16H3. The molecule has 1 aromatic carbocycles. The van der Waals surface area contributed by atoms with Gasteiger partial charge in [-0.2, -0.15) is 0 Å². The van der Waals surface area contributed by atoms with E-state index in [0.29, 0.717) is 22.4 Å². The van der Waals surface area contributed by atoms with E-state index < -0.39 is 5.41 Å². The summed E-state index contributed by atoms with van der Waals surface area (Å²) in [5.41, 5.74) is -0.0163. The molecule has 3 nitrogen and oxygen atoms in total. The van der Waals surface area contributed by atoms with Gasteiger partial charge in [-0.3, -0.25) is 0 Å². The van der Waals surface area contributed by atoms with Crippen molar-refractivity contribution in [3.63, 3.8) is 0 Å². The number of rotatable bonds is 2. The van der Waals surface area contributed by atoms with Crippen molar-refractivity contribution < 1.29 is 14.3 Å². The van der Waals surface area contributed by atoms with E-state index >= 15 is 0 Å². The first kappa shape index (κ1) is 11.4. The molecule has 0 radical (unpaired) electrons. The van der Waals surface area contributed by atoms with Crippen LogP contribution in [-0.4, -0.2) is 28.2 Å². The van der Waals surface area contributed by atoms with Crippen molar-refractivity contribution in [2.75, 3.05) is 6.61 Å². The Kier molecular flexibility index (Phi) is 3.41. The van der Waals surface area contributed by atoms with Gasteiger partial charge in [0.15, 0.2) is 5.41 Å². The highest BCUT2D eigenvalue weighted by Gasteiger charge is 2.31. The molecule has 1 saturated heterocycles. The maximum absolute atomic E-state index is 11.8. The minimum absolute atomic E-state index is 0.280. The van der Waals surface area contributed by atoms with Crippen LogP contribution in [0, 0.1) is 0 Å². The van der Waals surface area contributed by atoms with Gasteiger partial charge < -0.3 is 9.47 Å². The Labute approximate surface area is 98.2 Å². The first-order valence-electron chi connectivity index (χ1n) is 5.62. The van der Waals surface area contributed by atoms with Gasteiger partial charge in [0.05, 0.1) is 22.4 Å². The molecule has 0 aromatic heterocycles. The monoisotopic (exact) mass is 236 g/mol. The first-order valence-corrected chi connectivity index (χ1v) is 6.62. The zero-order chi connectivity index (χ0) is 11.4. The van der Waals surface area contributed by atoms with Crippen LogP contribution in [0.25, 0.3) is 0 Å². The molecule has 0 saturated carbocycles. The number of benzene rings is 1. The van der Waals surface area contributed by atoms with Crippen molar-refractivity contribution in [3.05, 3.63) is 35.9 Å². The van der Waals surface area contributed by atoms with Gasteiger partial charge in [-0.25, -0.2) is 4.79 Å². The van der Waals surface area contributed by atoms with E-state index in [4.69, 9.17) is 9.47 Å². The summed E-state index contributed by atoms with van der Waals surface area (Å²) in [5, 5.41) is 0. The van der Waals surface area contributed by atoms with Gasteiger partial charge in [0, 0.05) is 6.42 Å². The third kappa shape index (κ3) is 2.71. The predicted octanol–water partition coefficient (Wildman–Crippen LogP) is 1.06. The molecule has 1 unspecified atom stereocenters. The van der Waals surface area contributed by atoms with Crippen LogP contribution >= 0.6 is 0 Å². The highest BCUT2D eigenvalue weighted by molar-refractivity contribution is 6.14. The Bertz CT molecular complexity index is 358. The topological polar surface area (TPSA) is 35.5 Å². The third-order valence-electron chi connectivity index (χ3n) is 2.75. The van der Waals surface area contributed by atoms with Crippen LogP contribution in [0.5, 0.6) is 0 Å². The lowest BCUT2D eigenvalue weighted by Crippen LogP contribution is -2.41. The molecular weight excluding hydrogens is 220 g/mol. The zero-order valence-electron chi connectivity index (χ0n) is 9.44. The van der Waals surface area contributed by atoms with Crippen LogP contribution in [0.2, 0.25) is 0 Å². The van der Waals surface area contributed by atoms with Crippen LogP contribution in [0.3, 0.4) is 0 Å². The summed E-state index contributed by atoms with van der Waals surface area (Å²) < 4.78 is 11.0. The molecule has 1 heterocycles. The molecule has 2 rings (SSSR count). The van der Waals surface area contributed by atoms with Crippen LogP contribution in [-0.2, 0) is 9.47 Å². The summed E-state index contributed by atoms with van der Waals surface area (Å²) >= 11 is 0. The average Bonchev–Trinajstić information content (AvgIpc) is 2.30. The lowest BCUT2D eigenvalue weighted by molar-refractivity contribution is -0.165. The van der Waals surface area contributed by atoms with Crippen molar-refractivity contribution in [1.82, 2.24) is 0 Å². The van der Waals surface area contributed by atoms with Crippen LogP contribution in [0.15, 0.2) is 30.3 Å². The van der Waals surface area contributed by atoms with E-state index in [1.807, 2.05) is 18.2 Å². The molecular formula is C12H16O3Si.